The van der Waals surface area contributed by atoms with Gasteiger partial charge < -0.3 is 15.5 Å². The second-order valence-electron chi connectivity index (χ2n) is 8.44. The summed E-state index contributed by atoms with van der Waals surface area (Å²) in [6.45, 7) is 5.67. The minimum absolute atomic E-state index is 0.0486. The van der Waals surface area contributed by atoms with E-state index >= 15 is 0 Å². The molecule has 0 saturated carbocycles. The van der Waals surface area contributed by atoms with Crippen molar-refractivity contribution < 1.29 is 18.8 Å². The number of aryl methyl sites for hydroxylation is 3. The van der Waals surface area contributed by atoms with Crippen molar-refractivity contribution in [2.24, 2.45) is 0 Å². The number of benzene rings is 2. The molecule has 0 aliphatic heterocycles. The molecule has 3 amide bonds. The summed E-state index contributed by atoms with van der Waals surface area (Å²) in [5.41, 5.74) is 4.10. The van der Waals surface area contributed by atoms with Crippen LogP contribution in [-0.2, 0) is 20.9 Å². The predicted molar refractivity (Wildman–Crippen MR) is 133 cm³/mol. The number of nitrogens with one attached hydrogen (secondary N) is 2. The molecular formula is C27H29FN4O3. The van der Waals surface area contributed by atoms with Crippen LogP contribution in [0.1, 0.15) is 35.1 Å². The zero-order valence-electron chi connectivity index (χ0n) is 20.1. The normalized spacial score (nSPS) is 10.5. The van der Waals surface area contributed by atoms with E-state index in [-0.39, 0.29) is 49.5 Å². The van der Waals surface area contributed by atoms with Crippen molar-refractivity contribution in [3.05, 3.63) is 88.9 Å². The second-order valence-corrected chi connectivity index (χ2v) is 8.44. The first-order chi connectivity index (χ1) is 16.7. The molecule has 8 heteroatoms. The standard InChI is InChI=1S/C27H29FN4O3/c1-18-4-5-20(3)23(14-18)32(17-26(34)30-16-21-6-8-22(28)9-7-21)27(35)11-10-25(33)31-24-15-19(2)12-13-29-24/h4-9,12-15H,10-11,16-17H2,1-3H3,(H,30,34)(H,29,31,33). The first-order valence-corrected chi connectivity index (χ1v) is 11.3. The van der Waals surface area contributed by atoms with Crippen molar-refractivity contribution in [1.82, 2.24) is 10.3 Å². The number of hydrogen-bond acceptors (Lipinski definition) is 4. The van der Waals surface area contributed by atoms with Crippen molar-refractivity contribution in [2.45, 2.75) is 40.2 Å². The van der Waals surface area contributed by atoms with Crippen molar-refractivity contribution in [1.29, 1.82) is 0 Å². The molecule has 0 bridgehead atoms. The van der Waals surface area contributed by atoms with E-state index < -0.39 is 0 Å². The van der Waals surface area contributed by atoms with Gasteiger partial charge in [0.15, 0.2) is 0 Å². The lowest BCUT2D eigenvalue weighted by Crippen LogP contribution is -2.41. The molecule has 1 heterocycles. The first kappa shape index (κ1) is 25.6. The summed E-state index contributed by atoms with van der Waals surface area (Å²) in [5.74, 6) is -0.971. The molecule has 0 radical (unpaired) electrons. The molecule has 0 aliphatic rings. The number of nitrogens with zero attached hydrogens (tertiary/aromatic N) is 2. The Hall–Kier alpha value is -4.07. The number of amides is 3. The van der Waals surface area contributed by atoms with Gasteiger partial charge in [0.2, 0.25) is 17.7 Å². The Balaban J connectivity index is 1.67. The summed E-state index contributed by atoms with van der Waals surface area (Å²) in [4.78, 5) is 43.8. The monoisotopic (exact) mass is 476 g/mol. The Morgan fingerprint density at radius 3 is 2.31 bits per heavy atom. The number of aromatic nitrogens is 1. The zero-order chi connectivity index (χ0) is 25.4. The molecule has 0 saturated heterocycles. The van der Waals surface area contributed by atoms with Crippen LogP contribution in [-0.4, -0.2) is 29.3 Å². The maximum absolute atomic E-state index is 13.2. The fraction of sp³-hybridized carbons (Fsp3) is 0.259. The minimum Gasteiger partial charge on any atom is -0.350 e. The summed E-state index contributed by atoms with van der Waals surface area (Å²) in [6, 6.07) is 15.1. The van der Waals surface area contributed by atoms with E-state index in [1.165, 1.54) is 17.0 Å². The third-order valence-electron chi connectivity index (χ3n) is 5.41. The van der Waals surface area contributed by atoms with Crippen LogP contribution in [0.15, 0.2) is 60.8 Å². The van der Waals surface area contributed by atoms with Gasteiger partial charge in [-0.1, -0.05) is 24.3 Å². The van der Waals surface area contributed by atoms with Gasteiger partial charge in [-0.05, 0) is 73.4 Å². The van der Waals surface area contributed by atoms with Crippen molar-refractivity contribution in [3.8, 4) is 0 Å². The Labute approximate surface area is 204 Å². The van der Waals surface area contributed by atoms with Gasteiger partial charge in [0.1, 0.15) is 18.2 Å². The highest BCUT2D eigenvalue weighted by Gasteiger charge is 2.22. The van der Waals surface area contributed by atoms with Gasteiger partial charge in [0.25, 0.3) is 0 Å². The average molecular weight is 477 g/mol. The van der Waals surface area contributed by atoms with Gasteiger partial charge in [-0.15, -0.1) is 0 Å². The lowest BCUT2D eigenvalue weighted by Gasteiger charge is -2.24. The number of halogens is 1. The van der Waals surface area contributed by atoms with Crippen molar-refractivity contribution in [3.63, 3.8) is 0 Å². The number of carbonyl (C=O) groups is 3. The van der Waals surface area contributed by atoms with Gasteiger partial charge >= 0.3 is 0 Å². The van der Waals surface area contributed by atoms with Gasteiger partial charge in [0.05, 0.1) is 0 Å². The lowest BCUT2D eigenvalue weighted by molar-refractivity contribution is -0.125. The quantitative estimate of drug-likeness (QED) is 0.484. The van der Waals surface area contributed by atoms with Crippen LogP contribution in [0, 0.1) is 26.6 Å². The van der Waals surface area contributed by atoms with Crippen LogP contribution >= 0.6 is 0 Å². The summed E-state index contributed by atoms with van der Waals surface area (Å²) < 4.78 is 13.1. The molecule has 0 unspecified atom stereocenters. The number of pyridine rings is 1. The largest absolute Gasteiger partial charge is 0.350 e. The molecule has 2 N–H and O–H groups in total. The number of anilines is 2. The average Bonchev–Trinajstić information content (AvgIpc) is 2.82. The third-order valence-corrected chi connectivity index (χ3v) is 5.41. The molecule has 3 aromatic rings. The molecule has 35 heavy (non-hydrogen) atoms. The molecule has 7 nitrogen and oxygen atoms in total. The number of carbonyl (C=O) groups excluding carboxylic acids is 3. The molecule has 1 aromatic heterocycles. The minimum atomic E-state index is -0.364. The van der Waals surface area contributed by atoms with E-state index in [0.717, 1.165) is 22.3 Å². The summed E-state index contributed by atoms with van der Waals surface area (Å²) in [5, 5.41) is 5.46. The Morgan fingerprint density at radius 2 is 1.60 bits per heavy atom. The van der Waals surface area contributed by atoms with Gasteiger partial charge in [-0.3, -0.25) is 14.4 Å². The van der Waals surface area contributed by atoms with Crippen LogP contribution in [0.3, 0.4) is 0 Å². The van der Waals surface area contributed by atoms with Gasteiger partial charge in [-0.2, -0.15) is 0 Å². The smallest absolute Gasteiger partial charge is 0.240 e. The van der Waals surface area contributed by atoms with E-state index in [9.17, 15) is 18.8 Å². The van der Waals surface area contributed by atoms with Crippen LogP contribution in [0.5, 0.6) is 0 Å². The van der Waals surface area contributed by atoms with Crippen LogP contribution in [0.2, 0.25) is 0 Å². The third kappa shape index (κ3) is 7.74. The van der Waals surface area contributed by atoms with Gasteiger partial charge in [-0.25, -0.2) is 9.37 Å². The highest BCUT2D eigenvalue weighted by atomic mass is 19.1. The summed E-state index contributed by atoms with van der Waals surface area (Å²) in [7, 11) is 0. The van der Waals surface area contributed by atoms with E-state index in [0.29, 0.717) is 11.5 Å². The molecule has 0 atom stereocenters. The van der Waals surface area contributed by atoms with E-state index in [1.54, 1.807) is 24.4 Å². The van der Waals surface area contributed by atoms with E-state index in [2.05, 4.69) is 15.6 Å². The van der Waals surface area contributed by atoms with Gasteiger partial charge in [0, 0.05) is 31.3 Å². The fourth-order valence-corrected chi connectivity index (χ4v) is 3.49. The highest BCUT2D eigenvalue weighted by molar-refractivity contribution is 6.01. The Kier molecular flexibility index (Phi) is 8.67. The Morgan fingerprint density at radius 1 is 0.886 bits per heavy atom. The summed E-state index contributed by atoms with van der Waals surface area (Å²) >= 11 is 0. The number of hydrogen-bond donors (Lipinski definition) is 2. The first-order valence-electron chi connectivity index (χ1n) is 11.3. The van der Waals surface area contributed by atoms with E-state index in [4.69, 9.17) is 0 Å². The zero-order valence-corrected chi connectivity index (χ0v) is 20.1. The molecule has 3 rings (SSSR count). The Bertz CT molecular complexity index is 1210. The molecular weight excluding hydrogens is 447 g/mol. The molecule has 0 aliphatic carbocycles. The molecule has 2 aromatic carbocycles. The van der Waals surface area contributed by atoms with Crippen molar-refractivity contribution >= 4 is 29.2 Å². The molecule has 0 spiro atoms. The highest BCUT2D eigenvalue weighted by Crippen LogP contribution is 2.23. The van der Waals surface area contributed by atoms with Crippen molar-refractivity contribution in [2.75, 3.05) is 16.8 Å². The maximum Gasteiger partial charge on any atom is 0.240 e. The second kappa shape index (κ2) is 11.9. The maximum atomic E-state index is 13.2. The fourth-order valence-electron chi connectivity index (χ4n) is 3.49. The topological polar surface area (TPSA) is 91.4 Å². The molecule has 0 fully saturated rings. The lowest BCUT2D eigenvalue weighted by atomic mass is 10.1. The van der Waals surface area contributed by atoms with Crippen LogP contribution in [0.25, 0.3) is 0 Å². The summed E-state index contributed by atoms with van der Waals surface area (Å²) in [6.07, 6.45) is 1.48. The predicted octanol–water partition coefficient (Wildman–Crippen LogP) is 4.21. The SMILES string of the molecule is Cc1ccnc(NC(=O)CCC(=O)N(CC(=O)NCc2ccc(F)cc2)c2cc(C)ccc2C)c1. The van der Waals surface area contributed by atoms with Crippen LogP contribution in [0.4, 0.5) is 15.9 Å². The molecule has 182 valence electrons. The van der Waals surface area contributed by atoms with Crippen LogP contribution < -0.4 is 15.5 Å². The number of rotatable bonds is 9. The van der Waals surface area contributed by atoms with E-state index in [1.807, 2.05) is 45.0 Å².